The highest BCUT2D eigenvalue weighted by Crippen LogP contribution is 2.18. The van der Waals surface area contributed by atoms with Crippen LogP contribution in [0.4, 0.5) is 10.7 Å². The predicted molar refractivity (Wildman–Crippen MR) is 74.1 cm³/mol. The Bertz CT molecular complexity index is 535. The number of urea groups is 1. The molecule has 3 N–H and O–H groups in total. The molecule has 21 heavy (non-hydrogen) atoms. The second kappa shape index (κ2) is 5.58. The molecule has 1 aromatic rings. The van der Waals surface area contributed by atoms with Crippen molar-refractivity contribution >= 4 is 17.9 Å². The highest BCUT2D eigenvalue weighted by Gasteiger charge is 2.31. The average molecular weight is 293 g/mol. The monoisotopic (exact) mass is 293 g/mol. The van der Waals surface area contributed by atoms with E-state index in [0.29, 0.717) is 19.6 Å². The van der Waals surface area contributed by atoms with E-state index in [1.807, 2.05) is 9.80 Å². The van der Waals surface area contributed by atoms with Crippen molar-refractivity contribution in [1.82, 2.24) is 29.9 Å². The summed E-state index contributed by atoms with van der Waals surface area (Å²) in [6.45, 7) is 2.95. The number of carbonyl (C=O) groups is 2. The van der Waals surface area contributed by atoms with Crippen LogP contribution in [0.25, 0.3) is 0 Å². The summed E-state index contributed by atoms with van der Waals surface area (Å²) in [5, 5.41) is 6.72. The number of rotatable bonds is 3. The summed E-state index contributed by atoms with van der Waals surface area (Å²) in [7, 11) is 0. The third-order valence-electron chi connectivity index (χ3n) is 4.00. The van der Waals surface area contributed by atoms with Crippen molar-refractivity contribution in [1.29, 1.82) is 0 Å². The summed E-state index contributed by atoms with van der Waals surface area (Å²) < 4.78 is 1.44. The zero-order valence-electron chi connectivity index (χ0n) is 11.7. The number of hydrogen-bond acceptors (Lipinski definition) is 5. The van der Waals surface area contributed by atoms with E-state index < -0.39 is 0 Å². The van der Waals surface area contributed by atoms with E-state index in [1.165, 1.54) is 11.0 Å². The standard InChI is InChI=1S/C12H19N7O2/c13-11-15-8-18(16-11)7-10(20)17-4-1-9(2-5-17)19-6-3-14-12(19)21/h8-9H,1-7H2,(H2,13,16)(H,14,21). The zero-order valence-corrected chi connectivity index (χ0v) is 11.7. The first kappa shape index (κ1) is 13.7. The Morgan fingerprint density at radius 1 is 1.38 bits per heavy atom. The molecule has 2 aliphatic rings. The maximum absolute atomic E-state index is 12.2. The Labute approximate surface area is 122 Å². The molecule has 3 amide bonds. The number of nitrogens with one attached hydrogen (secondary N) is 1. The lowest BCUT2D eigenvalue weighted by Crippen LogP contribution is -2.48. The number of amides is 3. The molecule has 2 aliphatic heterocycles. The van der Waals surface area contributed by atoms with Crippen molar-refractivity contribution in [3.63, 3.8) is 0 Å². The molecule has 2 saturated heterocycles. The van der Waals surface area contributed by atoms with Crippen molar-refractivity contribution in [2.75, 3.05) is 31.9 Å². The number of carbonyl (C=O) groups excluding carboxylic acids is 2. The molecule has 0 unspecified atom stereocenters. The Balaban J connectivity index is 1.51. The molecule has 3 rings (SSSR count). The van der Waals surface area contributed by atoms with Crippen LogP contribution in [0.5, 0.6) is 0 Å². The first-order chi connectivity index (χ1) is 10.1. The Kier molecular flexibility index (Phi) is 3.63. The van der Waals surface area contributed by atoms with Crippen LogP contribution in [0.15, 0.2) is 6.33 Å². The number of piperidine rings is 1. The molecule has 3 heterocycles. The Morgan fingerprint density at radius 2 is 2.14 bits per heavy atom. The average Bonchev–Trinajstić information content (AvgIpc) is 3.08. The minimum absolute atomic E-state index is 0.00391. The Hall–Kier alpha value is -2.32. The van der Waals surface area contributed by atoms with E-state index in [2.05, 4.69) is 15.4 Å². The minimum Gasteiger partial charge on any atom is -0.367 e. The molecule has 0 radical (unpaired) electrons. The lowest BCUT2D eigenvalue weighted by atomic mass is 10.0. The molecular weight excluding hydrogens is 274 g/mol. The van der Waals surface area contributed by atoms with Gasteiger partial charge in [0.15, 0.2) is 0 Å². The van der Waals surface area contributed by atoms with Crippen molar-refractivity contribution in [2.24, 2.45) is 0 Å². The number of hydrogen-bond donors (Lipinski definition) is 2. The normalized spacial score (nSPS) is 19.9. The molecule has 9 nitrogen and oxygen atoms in total. The molecule has 0 aromatic carbocycles. The van der Waals surface area contributed by atoms with Crippen LogP contribution in [0, 0.1) is 0 Å². The van der Waals surface area contributed by atoms with Gasteiger partial charge in [-0.3, -0.25) is 4.79 Å². The number of nitrogen functional groups attached to an aromatic ring is 1. The molecule has 0 atom stereocenters. The third kappa shape index (κ3) is 2.91. The summed E-state index contributed by atoms with van der Waals surface area (Å²) >= 11 is 0. The van der Waals surface area contributed by atoms with Crippen LogP contribution in [-0.2, 0) is 11.3 Å². The Morgan fingerprint density at radius 3 is 2.71 bits per heavy atom. The van der Waals surface area contributed by atoms with Crippen LogP contribution < -0.4 is 11.1 Å². The van der Waals surface area contributed by atoms with Crippen LogP contribution in [-0.4, -0.2) is 68.7 Å². The first-order valence-corrected chi connectivity index (χ1v) is 7.10. The highest BCUT2D eigenvalue weighted by atomic mass is 16.2. The number of aromatic nitrogens is 3. The van der Waals surface area contributed by atoms with Gasteiger partial charge < -0.3 is 20.9 Å². The smallest absolute Gasteiger partial charge is 0.317 e. The van der Waals surface area contributed by atoms with Gasteiger partial charge in [0.2, 0.25) is 11.9 Å². The van der Waals surface area contributed by atoms with Gasteiger partial charge in [0.1, 0.15) is 12.9 Å². The third-order valence-corrected chi connectivity index (χ3v) is 4.00. The van der Waals surface area contributed by atoms with Crippen LogP contribution >= 0.6 is 0 Å². The van der Waals surface area contributed by atoms with Gasteiger partial charge in [0.05, 0.1) is 0 Å². The van der Waals surface area contributed by atoms with E-state index in [0.717, 1.165) is 19.4 Å². The highest BCUT2D eigenvalue weighted by molar-refractivity contribution is 5.77. The SMILES string of the molecule is Nc1ncn(CC(=O)N2CCC(N3CCNC3=O)CC2)n1. The largest absolute Gasteiger partial charge is 0.367 e. The maximum atomic E-state index is 12.2. The molecule has 114 valence electrons. The maximum Gasteiger partial charge on any atom is 0.317 e. The quantitative estimate of drug-likeness (QED) is 0.733. The van der Waals surface area contributed by atoms with Gasteiger partial charge in [-0.25, -0.2) is 14.5 Å². The second-order valence-corrected chi connectivity index (χ2v) is 5.34. The lowest BCUT2D eigenvalue weighted by Gasteiger charge is -2.36. The first-order valence-electron chi connectivity index (χ1n) is 7.10. The minimum atomic E-state index is 0.00391. The van der Waals surface area contributed by atoms with E-state index in [9.17, 15) is 9.59 Å². The van der Waals surface area contributed by atoms with Crippen molar-refractivity contribution < 1.29 is 9.59 Å². The number of anilines is 1. The van der Waals surface area contributed by atoms with Gasteiger partial charge >= 0.3 is 6.03 Å². The van der Waals surface area contributed by atoms with Crippen molar-refractivity contribution in [3.05, 3.63) is 6.33 Å². The molecule has 1 aromatic heterocycles. The fourth-order valence-corrected chi connectivity index (χ4v) is 2.89. The fourth-order valence-electron chi connectivity index (χ4n) is 2.89. The fraction of sp³-hybridized carbons (Fsp3) is 0.667. The van der Waals surface area contributed by atoms with Gasteiger partial charge in [-0.2, -0.15) is 0 Å². The molecule has 0 spiro atoms. The van der Waals surface area contributed by atoms with E-state index in [1.54, 1.807) is 0 Å². The van der Waals surface area contributed by atoms with Crippen LogP contribution in [0.1, 0.15) is 12.8 Å². The molecular formula is C12H19N7O2. The summed E-state index contributed by atoms with van der Waals surface area (Å²) in [6, 6.07) is 0.247. The van der Waals surface area contributed by atoms with E-state index in [-0.39, 0.29) is 30.5 Å². The van der Waals surface area contributed by atoms with Gasteiger partial charge in [0.25, 0.3) is 0 Å². The van der Waals surface area contributed by atoms with E-state index >= 15 is 0 Å². The molecule has 0 bridgehead atoms. The van der Waals surface area contributed by atoms with Gasteiger partial charge in [0, 0.05) is 32.2 Å². The number of nitrogens with two attached hydrogens (primary N) is 1. The molecule has 0 aliphatic carbocycles. The van der Waals surface area contributed by atoms with Gasteiger partial charge in [-0.15, -0.1) is 5.10 Å². The predicted octanol–water partition coefficient (Wildman–Crippen LogP) is -1.12. The van der Waals surface area contributed by atoms with Crippen LogP contribution in [0.3, 0.4) is 0 Å². The van der Waals surface area contributed by atoms with Crippen molar-refractivity contribution in [3.8, 4) is 0 Å². The van der Waals surface area contributed by atoms with Crippen molar-refractivity contribution in [2.45, 2.75) is 25.4 Å². The molecule has 9 heteroatoms. The van der Waals surface area contributed by atoms with Crippen LogP contribution in [0.2, 0.25) is 0 Å². The summed E-state index contributed by atoms with van der Waals surface area (Å²) in [5.41, 5.74) is 5.42. The number of nitrogens with zero attached hydrogens (tertiary/aromatic N) is 5. The van der Waals surface area contributed by atoms with E-state index in [4.69, 9.17) is 5.73 Å². The topological polar surface area (TPSA) is 109 Å². The summed E-state index contributed by atoms with van der Waals surface area (Å²) in [5.74, 6) is 0.172. The lowest BCUT2D eigenvalue weighted by molar-refractivity contribution is -0.133. The zero-order chi connectivity index (χ0) is 14.8. The second-order valence-electron chi connectivity index (χ2n) is 5.34. The van der Waals surface area contributed by atoms with Gasteiger partial charge in [-0.05, 0) is 12.8 Å². The molecule has 2 fully saturated rings. The summed E-state index contributed by atoms with van der Waals surface area (Å²) in [4.78, 5) is 31.3. The summed E-state index contributed by atoms with van der Waals surface area (Å²) in [6.07, 6.45) is 3.09. The molecule has 0 saturated carbocycles. The number of likely N-dealkylation sites (tertiary alicyclic amines) is 1. The van der Waals surface area contributed by atoms with Gasteiger partial charge in [-0.1, -0.05) is 0 Å².